The molecule has 0 saturated carbocycles. The summed E-state index contributed by atoms with van der Waals surface area (Å²) in [6.45, 7) is 2.80. The SMILES string of the molecule is CCCCCCCCOc1c(Cl)cc(C=C2SC(=S)NC2=O)cc1Cl. The number of rotatable bonds is 9. The first-order chi connectivity index (χ1) is 12.0. The summed E-state index contributed by atoms with van der Waals surface area (Å²) in [6.07, 6.45) is 8.88. The van der Waals surface area contributed by atoms with Crippen LogP contribution in [-0.4, -0.2) is 16.8 Å². The molecule has 3 nitrogen and oxygen atoms in total. The average molecular weight is 418 g/mol. The van der Waals surface area contributed by atoms with Gasteiger partial charge in [-0.25, -0.2) is 0 Å². The van der Waals surface area contributed by atoms with Crippen molar-refractivity contribution in [1.82, 2.24) is 5.32 Å². The van der Waals surface area contributed by atoms with Crippen LogP contribution in [0.2, 0.25) is 10.0 Å². The molecule has 7 heteroatoms. The van der Waals surface area contributed by atoms with Crippen molar-refractivity contribution >= 4 is 63.5 Å². The van der Waals surface area contributed by atoms with Gasteiger partial charge in [-0.2, -0.15) is 0 Å². The Hall–Kier alpha value is -0.750. The highest BCUT2D eigenvalue weighted by molar-refractivity contribution is 8.26. The van der Waals surface area contributed by atoms with Gasteiger partial charge < -0.3 is 10.1 Å². The highest BCUT2D eigenvalue weighted by Crippen LogP contribution is 2.36. The van der Waals surface area contributed by atoms with Gasteiger partial charge in [0.15, 0.2) is 5.75 Å². The molecular formula is C18H21Cl2NO2S2. The normalized spacial score (nSPS) is 15.7. The number of carbonyl (C=O) groups is 1. The van der Waals surface area contributed by atoms with Crippen molar-refractivity contribution in [3.05, 3.63) is 32.6 Å². The summed E-state index contributed by atoms with van der Waals surface area (Å²) in [5, 5.41) is 3.46. The van der Waals surface area contributed by atoms with Crippen LogP contribution >= 0.6 is 47.2 Å². The zero-order chi connectivity index (χ0) is 18.2. The van der Waals surface area contributed by atoms with Crippen LogP contribution in [0.15, 0.2) is 17.0 Å². The first kappa shape index (κ1) is 20.6. The number of halogens is 2. The van der Waals surface area contributed by atoms with Gasteiger partial charge >= 0.3 is 0 Å². The van der Waals surface area contributed by atoms with Gasteiger partial charge in [-0.1, -0.05) is 86.2 Å². The maximum Gasteiger partial charge on any atom is 0.263 e. The summed E-state index contributed by atoms with van der Waals surface area (Å²) < 4.78 is 6.20. The van der Waals surface area contributed by atoms with Crippen LogP contribution in [0.1, 0.15) is 51.0 Å². The van der Waals surface area contributed by atoms with Gasteiger partial charge in [-0.3, -0.25) is 4.79 Å². The molecule has 1 fully saturated rings. The highest BCUT2D eigenvalue weighted by atomic mass is 35.5. The third kappa shape index (κ3) is 6.48. The van der Waals surface area contributed by atoms with E-state index in [2.05, 4.69) is 12.2 Å². The van der Waals surface area contributed by atoms with Crippen molar-refractivity contribution in [2.75, 3.05) is 6.61 Å². The number of hydrogen-bond donors (Lipinski definition) is 1. The minimum Gasteiger partial charge on any atom is -0.490 e. The van der Waals surface area contributed by atoms with Crippen molar-refractivity contribution in [3.8, 4) is 5.75 Å². The summed E-state index contributed by atoms with van der Waals surface area (Å²) in [5.41, 5.74) is 0.740. The molecule has 0 aromatic heterocycles. The molecule has 1 aliphatic rings. The molecular weight excluding hydrogens is 397 g/mol. The topological polar surface area (TPSA) is 38.3 Å². The van der Waals surface area contributed by atoms with E-state index in [0.717, 1.165) is 18.4 Å². The number of carbonyl (C=O) groups excluding carboxylic acids is 1. The lowest BCUT2D eigenvalue weighted by atomic mass is 10.1. The number of thiocarbonyl (C=S) groups is 1. The zero-order valence-corrected chi connectivity index (χ0v) is 17.2. The minimum atomic E-state index is -0.203. The van der Waals surface area contributed by atoms with E-state index in [9.17, 15) is 4.79 Å². The van der Waals surface area contributed by atoms with Crippen molar-refractivity contribution in [2.45, 2.75) is 45.4 Å². The number of benzene rings is 1. The molecule has 25 heavy (non-hydrogen) atoms. The van der Waals surface area contributed by atoms with Gasteiger partial charge in [0.2, 0.25) is 0 Å². The second-order valence-electron chi connectivity index (χ2n) is 5.78. The van der Waals surface area contributed by atoms with E-state index < -0.39 is 0 Å². The van der Waals surface area contributed by atoms with Gasteiger partial charge in [0.25, 0.3) is 5.91 Å². The van der Waals surface area contributed by atoms with E-state index in [-0.39, 0.29) is 5.91 Å². The third-order valence-electron chi connectivity index (χ3n) is 3.70. The van der Waals surface area contributed by atoms with Gasteiger partial charge in [-0.15, -0.1) is 0 Å². The Morgan fingerprint density at radius 2 is 1.80 bits per heavy atom. The predicted octanol–water partition coefficient (Wildman–Crippen LogP) is 6.22. The molecule has 0 spiro atoms. The molecule has 0 unspecified atom stereocenters. The fourth-order valence-corrected chi connectivity index (χ4v) is 4.09. The van der Waals surface area contributed by atoms with Crippen LogP contribution in [-0.2, 0) is 4.79 Å². The van der Waals surface area contributed by atoms with Gasteiger partial charge in [0.05, 0.1) is 21.6 Å². The summed E-state index contributed by atoms with van der Waals surface area (Å²) in [7, 11) is 0. The van der Waals surface area contributed by atoms with Gasteiger partial charge in [0, 0.05) is 0 Å². The molecule has 0 aliphatic carbocycles. The molecule has 2 rings (SSSR count). The number of unbranched alkanes of at least 4 members (excludes halogenated alkanes) is 5. The molecule has 1 aromatic rings. The predicted molar refractivity (Wildman–Crippen MR) is 112 cm³/mol. The molecule has 1 aromatic carbocycles. The Morgan fingerprint density at radius 1 is 1.16 bits per heavy atom. The van der Waals surface area contributed by atoms with Crippen molar-refractivity contribution in [1.29, 1.82) is 0 Å². The Bertz CT molecular complexity index is 654. The summed E-state index contributed by atoms with van der Waals surface area (Å²) in [4.78, 5) is 12.2. The molecule has 1 saturated heterocycles. The first-order valence-electron chi connectivity index (χ1n) is 8.38. The maximum atomic E-state index is 11.7. The van der Waals surface area contributed by atoms with E-state index in [1.165, 1.54) is 37.4 Å². The van der Waals surface area contributed by atoms with E-state index in [1.807, 2.05) is 0 Å². The first-order valence-corrected chi connectivity index (χ1v) is 10.4. The standard InChI is InChI=1S/C18H21Cl2NO2S2/c1-2-3-4-5-6-7-8-23-16-13(19)9-12(10-14(16)20)11-15-17(22)21-18(24)25-15/h9-11H,2-8H2,1H3,(H,21,22,24). The van der Waals surface area contributed by atoms with Gasteiger partial charge in [0.1, 0.15) is 4.32 Å². The van der Waals surface area contributed by atoms with Gasteiger partial charge in [-0.05, 0) is 30.2 Å². The number of ether oxygens (including phenoxy) is 1. The molecule has 1 heterocycles. The van der Waals surface area contributed by atoms with E-state index >= 15 is 0 Å². The number of nitrogens with one attached hydrogen (secondary N) is 1. The Morgan fingerprint density at radius 3 is 2.40 bits per heavy atom. The second kappa shape index (κ2) is 10.4. The van der Waals surface area contributed by atoms with Crippen LogP contribution in [0.25, 0.3) is 6.08 Å². The molecule has 1 aliphatic heterocycles. The molecule has 0 bridgehead atoms. The summed E-state index contributed by atoms with van der Waals surface area (Å²) in [5.74, 6) is 0.295. The number of hydrogen-bond acceptors (Lipinski definition) is 4. The quantitative estimate of drug-likeness (QED) is 0.293. The number of thioether (sulfide) groups is 1. The van der Waals surface area contributed by atoms with E-state index in [1.54, 1.807) is 18.2 Å². The van der Waals surface area contributed by atoms with Crippen LogP contribution in [0.4, 0.5) is 0 Å². The molecule has 136 valence electrons. The fraction of sp³-hybridized carbons (Fsp3) is 0.444. The lowest BCUT2D eigenvalue weighted by Gasteiger charge is -2.11. The molecule has 1 N–H and O–H groups in total. The van der Waals surface area contributed by atoms with Crippen LogP contribution in [0, 0.1) is 0 Å². The lowest BCUT2D eigenvalue weighted by molar-refractivity contribution is -0.115. The number of amides is 1. The smallest absolute Gasteiger partial charge is 0.263 e. The van der Waals surface area contributed by atoms with Crippen molar-refractivity contribution in [3.63, 3.8) is 0 Å². The van der Waals surface area contributed by atoms with Crippen LogP contribution < -0.4 is 10.1 Å². The Labute approximate surface area is 168 Å². The Kier molecular flexibility index (Phi) is 8.56. The van der Waals surface area contributed by atoms with E-state index in [4.69, 9.17) is 40.2 Å². The van der Waals surface area contributed by atoms with E-state index in [0.29, 0.717) is 31.6 Å². The second-order valence-corrected chi connectivity index (χ2v) is 8.32. The summed E-state index contributed by atoms with van der Waals surface area (Å²) >= 11 is 18.8. The summed E-state index contributed by atoms with van der Waals surface area (Å²) in [6, 6.07) is 3.48. The molecule has 0 atom stereocenters. The largest absolute Gasteiger partial charge is 0.490 e. The average Bonchev–Trinajstić information content (AvgIpc) is 2.86. The minimum absolute atomic E-state index is 0.203. The molecule has 1 amide bonds. The zero-order valence-electron chi connectivity index (χ0n) is 14.1. The Balaban J connectivity index is 1.92. The lowest BCUT2D eigenvalue weighted by Crippen LogP contribution is -2.17. The fourth-order valence-electron chi connectivity index (χ4n) is 2.43. The highest BCUT2D eigenvalue weighted by Gasteiger charge is 2.22. The van der Waals surface area contributed by atoms with Crippen molar-refractivity contribution in [2.24, 2.45) is 0 Å². The van der Waals surface area contributed by atoms with Crippen molar-refractivity contribution < 1.29 is 9.53 Å². The monoisotopic (exact) mass is 417 g/mol. The molecule has 0 radical (unpaired) electrons. The maximum absolute atomic E-state index is 11.7. The van der Waals surface area contributed by atoms with Crippen LogP contribution in [0.5, 0.6) is 5.75 Å². The van der Waals surface area contributed by atoms with Crippen LogP contribution in [0.3, 0.4) is 0 Å². The third-order valence-corrected chi connectivity index (χ3v) is 5.43.